The van der Waals surface area contributed by atoms with Crippen LogP contribution in [0.1, 0.15) is 28.0 Å². The molecule has 8 heteroatoms. The number of fused-ring (bicyclic) bond motifs is 1. The Kier molecular flexibility index (Phi) is 3.84. The van der Waals surface area contributed by atoms with Crippen LogP contribution in [0.25, 0.3) is 0 Å². The number of carbonyl (C=O) groups is 1. The van der Waals surface area contributed by atoms with Gasteiger partial charge in [0, 0.05) is 5.69 Å². The molecular formula is C15H18F3N2O3+. The highest BCUT2D eigenvalue weighted by molar-refractivity contribution is 6.01. The van der Waals surface area contributed by atoms with E-state index in [0.29, 0.717) is 11.3 Å². The maximum absolute atomic E-state index is 13.9. The number of aryl methyl sites for hydroxylation is 2. The van der Waals surface area contributed by atoms with Gasteiger partial charge in [-0.1, -0.05) is 0 Å². The topological polar surface area (TPSA) is 52.9 Å². The summed E-state index contributed by atoms with van der Waals surface area (Å²) < 4.78 is 52.2. The molecule has 23 heavy (non-hydrogen) atoms. The highest BCUT2D eigenvalue weighted by Crippen LogP contribution is 2.40. The third-order valence-corrected chi connectivity index (χ3v) is 4.40. The Morgan fingerprint density at radius 3 is 2.52 bits per heavy atom. The van der Waals surface area contributed by atoms with E-state index in [1.54, 1.807) is 19.9 Å². The van der Waals surface area contributed by atoms with Crippen molar-refractivity contribution in [2.24, 2.45) is 0 Å². The molecule has 5 nitrogen and oxygen atoms in total. The monoisotopic (exact) mass is 331 g/mol. The van der Waals surface area contributed by atoms with Crippen LogP contribution in [0.3, 0.4) is 0 Å². The number of rotatable bonds is 1. The molecule has 0 aromatic carbocycles. The predicted octanol–water partition coefficient (Wildman–Crippen LogP) is 0.837. The van der Waals surface area contributed by atoms with E-state index in [1.807, 2.05) is 0 Å². The van der Waals surface area contributed by atoms with E-state index in [2.05, 4.69) is 4.98 Å². The molecule has 1 atom stereocenters. The molecule has 1 saturated heterocycles. The van der Waals surface area contributed by atoms with Gasteiger partial charge in [0.1, 0.15) is 19.5 Å². The van der Waals surface area contributed by atoms with Crippen molar-refractivity contribution in [3.05, 3.63) is 22.9 Å². The van der Waals surface area contributed by atoms with E-state index in [-0.39, 0.29) is 42.6 Å². The number of nitrogens with one attached hydrogen (secondary N) is 1. The van der Waals surface area contributed by atoms with Crippen molar-refractivity contribution < 1.29 is 32.3 Å². The minimum atomic E-state index is -4.69. The fourth-order valence-electron chi connectivity index (χ4n) is 3.31. The number of carbonyl (C=O) groups excluding carboxylic acids is 1. The minimum Gasteiger partial charge on any atom is -0.413 e. The average molecular weight is 331 g/mol. The molecule has 126 valence electrons. The van der Waals surface area contributed by atoms with Crippen molar-refractivity contribution in [2.45, 2.75) is 32.2 Å². The summed E-state index contributed by atoms with van der Waals surface area (Å²) in [4.78, 5) is 16.7. The van der Waals surface area contributed by atoms with Gasteiger partial charge in [0.2, 0.25) is 5.88 Å². The SMILES string of the molecule is Cc1cc(C)c2c(n1)OC([NH+]1CCOCC1)(C(F)(F)F)CC2=O. The third kappa shape index (κ3) is 2.59. The second kappa shape index (κ2) is 5.45. The molecule has 1 unspecified atom stereocenters. The van der Waals surface area contributed by atoms with Crippen LogP contribution in [-0.2, 0) is 4.74 Å². The number of hydrogen-bond acceptors (Lipinski definition) is 4. The zero-order valence-electron chi connectivity index (χ0n) is 12.9. The molecule has 0 bridgehead atoms. The lowest BCUT2D eigenvalue weighted by atomic mass is 9.93. The molecule has 3 heterocycles. The van der Waals surface area contributed by atoms with Crippen molar-refractivity contribution >= 4 is 5.78 Å². The second-order valence-electron chi connectivity index (χ2n) is 6.00. The van der Waals surface area contributed by atoms with Gasteiger partial charge in [-0.2, -0.15) is 13.2 Å². The van der Waals surface area contributed by atoms with Crippen molar-refractivity contribution in [1.29, 1.82) is 0 Å². The first-order chi connectivity index (χ1) is 10.7. The van der Waals surface area contributed by atoms with E-state index >= 15 is 0 Å². The summed E-state index contributed by atoms with van der Waals surface area (Å²) in [5, 5.41) is 0. The summed E-state index contributed by atoms with van der Waals surface area (Å²) in [6.45, 7) is 4.01. The molecular weight excluding hydrogens is 313 g/mol. The van der Waals surface area contributed by atoms with E-state index in [1.165, 1.54) is 0 Å². The van der Waals surface area contributed by atoms with E-state index < -0.39 is 24.1 Å². The standard InChI is InChI=1S/C15H17F3N2O3/c1-9-7-10(2)19-13-12(9)11(21)8-14(23-13,15(16,17)18)20-3-5-22-6-4-20/h7H,3-6,8H2,1-2H3/p+1. The Morgan fingerprint density at radius 2 is 1.91 bits per heavy atom. The largest absolute Gasteiger partial charge is 0.486 e. The molecule has 1 aromatic heterocycles. The number of alkyl halides is 3. The van der Waals surface area contributed by atoms with E-state index in [4.69, 9.17) is 9.47 Å². The maximum Gasteiger partial charge on any atom is 0.486 e. The van der Waals surface area contributed by atoms with Gasteiger partial charge in [0.15, 0.2) is 5.78 Å². The van der Waals surface area contributed by atoms with Crippen LogP contribution in [0.2, 0.25) is 0 Å². The van der Waals surface area contributed by atoms with Gasteiger partial charge in [-0.25, -0.2) is 4.98 Å². The molecule has 2 aliphatic rings. The summed E-state index contributed by atoms with van der Waals surface area (Å²) >= 11 is 0. The van der Waals surface area contributed by atoms with Crippen LogP contribution in [0.4, 0.5) is 13.2 Å². The van der Waals surface area contributed by atoms with Gasteiger partial charge in [0.05, 0.1) is 18.8 Å². The Balaban J connectivity index is 2.10. The number of aromatic nitrogens is 1. The van der Waals surface area contributed by atoms with Gasteiger partial charge >= 0.3 is 11.9 Å². The van der Waals surface area contributed by atoms with E-state index in [0.717, 1.165) is 0 Å². The van der Waals surface area contributed by atoms with Crippen molar-refractivity contribution in [1.82, 2.24) is 4.98 Å². The van der Waals surface area contributed by atoms with Gasteiger partial charge < -0.3 is 9.47 Å². The first kappa shape index (κ1) is 16.2. The molecule has 2 aliphatic heterocycles. The summed E-state index contributed by atoms with van der Waals surface area (Å²) in [6.07, 6.45) is -5.42. The minimum absolute atomic E-state index is 0.132. The quantitative estimate of drug-likeness (QED) is 0.829. The molecule has 0 spiro atoms. The number of quaternary nitrogens is 1. The lowest BCUT2D eigenvalue weighted by molar-refractivity contribution is -0.994. The maximum atomic E-state index is 13.9. The molecule has 1 aromatic rings. The Hall–Kier alpha value is -1.67. The van der Waals surface area contributed by atoms with Crippen LogP contribution in [0.15, 0.2) is 6.07 Å². The highest BCUT2D eigenvalue weighted by atomic mass is 19.4. The number of halogens is 3. The Labute approximate surface area is 131 Å². The highest BCUT2D eigenvalue weighted by Gasteiger charge is 2.68. The van der Waals surface area contributed by atoms with Crippen LogP contribution in [0, 0.1) is 13.8 Å². The first-order valence-electron chi connectivity index (χ1n) is 7.45. The Bertz CT molecular complexity index is 642. The number of morpholine rings is 1. The summed E-state index contributed by atoms with van der Waals surface area (Å²) in [6, 6.07) is 1.67. The van der Waals surface area contributed by atoms with Crippen molar-refractivity contribution in [2.75, 3.05) is 26.3 Å². The molecule has 0 amide bonds. The predicted molar refractivity (Wildman–Crippen MR) is 73.6 cm³/mol. The number of nitrogens with zero attached hydrogens (tertiary/aromatic N) is 1. The summed E-state index contributed by atoms with van der Waals surface area (Å²) in [5.41, 5.74) is -1.33. The fraction of sp³-hybridized carbons (Fsp3) is 0.600. The Morgan fingerprint density at radius 1 is 1.26 bits per heavy atom. The molecule has 0 aliphatic carbocycles. The number of Topliss-reactive ketones (excluding diaryl/α,β-unsaturated/α-hetero) is 1. The summed E-state index contributed by atoms with van der Waals surface area (Å²) in [7, 11) is 0. The normalized spacial score (nSPS) is 25.9. The molecule has 0 saturated carbocycles. The lowest BCUT2D eigenvalue weighted by Gasteiger charge is -2.43. The number of ether oxygens (including phenoxy) is 2. The number of hydrogen-bond donors (Lipinski definition) is 1. The van der Waals surface area contributed by atoms with Crippen LogP contribution >= 0.6 is 0 Å². The average Bonchev–Trinajstić information content (AvgIpc) is 2.45. The number of pyridine rings is 1. The zero-order chi connectivity index (χ0) is 16.8. The van der Waals surface area contributed by atoms with Crippen molar-refractivity contribution in [3.8, 4) is 5.88 Å². The third-order valence-electron chi connectivity index (χ3n) is 4.40. The fourth-order valence-corrected chi connectivity index (χ4v) is 3.31. The second-order valence-corrected chi connectivity index (χ2v) is 6.00. The van der Waals surface area contributed by atoms with Gasteiger partial charge in [0.25, 0.3) is 0 Å². The van der Waals surface area contributed by atoms with Gasteiger partial charge in [-0.3, -0.25) is 9.69 Å². The van der Waals surface area contributed by atoms with Crippen LogP contribution in [-0.4, -0.2) is 49.0 Å². The van der Waals surface area contributed by atoms with Crippen LogP contribution < -0.4 is 9.64 Å². The van der Waals surface area contributed by atoms with Crippen LogP contribution in [0.5, 0.6) is 5.88 Å². The molecule has 0 radical (unpaired) electrons. The van der Waals surface area contributed by atoms with E-state index in [9.17, 15) is 18.0 Å². The molecule has 1 fully saturated rings. The van der Waals surface area contributed by atoms with Gasteiger partial charge in [-0.15, -0.1) is 0 Å². The lowest BCUT2D eigenvalue weighted by Crippen LogP contribution is -3.25. The summed E-state index contributed by atoms with van der Waals surface area (Å²) in [5.74, 6) is -0.789. The smallest absolute Gasteiger partial charge is 0.413 e. The number of ketones is 1. The van der Waals surface area contributed by atoms with Crippen molar-refractivity contribution in [3.63, 3.8) is 0 Å². The first-order valence-corrected chi connectivity index (χ1v) is 7.45. The molecule has 1 N–H and O–H groups in total. The molecule has 3 rings (SSSR count). The van der Waals surface area contributed by atoms with Gasteiger partial charge in [-0.05, 0) is 25.5 Å². The zero-order valence-corrected chi connectivity index (χ0v) is 12.9.